The van der Waals surface area contributed by atoms with Crippen LogP contribution in [0.1, 0.15) is 0 Å². The summed E-state index contributed by atoms with van der Waals surface area (Å²) in [6, 6.07) is 15.9. The zero-order chi connectivity index (χ0) is 16.5. The van der Waals surface area contributed by atoms with Gasteiger partial charge >= 0.3 is 0 Å². The van der Waals surface area contributed by atoms with Crippen LogP contribution in [0.2, 0.25) is 0 Å². The standard InChI is InChI=1S/C16H17N3O3S/c20-16(12-23-15-4-2-1-3-5-15)18-11-10-17-13-6-8-14(9-7-13)19(21)22/h1-9,17H,10-12H2,(H,18,20). The number of benzene rings is 2. The lowest BCUT2D eigenvalue weighted by molar-refractivity contribution is -0.384. The lowest BCUT2D eigenvalue weighted by Crippen LogP contribution is -2.30. The SMILES string of the molecule is O=C(CSc1ccccc1)NCCNc1ccc([N+](=O)[O-])cc1. The molecule has 23 heavy (non-hydrogen) atoms. The fraction of sp³-hybridized carbons (Fsp3) is 0.188. The zero-order valence-electron chi connectivity index (χ0n) is 12.4. The summed E-state index contributed by atoms with van der Waals surface area (Å²) in [6.07, 6.45) is 0. The number of nitrogens with one attached hydrogen (secondary N) is 2. The average Bonchev–Trinajstić information content (AvgIpc) is 2.58. The molecule has 0 heterocycles. The Bertz CT molecular complexity index is 647. The topological polar surface area (TPSA) is 84.3 Å². The molecule has 0 radical (unpaired) electrons. The molecule has 0 unspecified atom stereocenters. The second kappa shape index (κ2) is 8.79. The molecule has 0 saturated carbocycles. The van der Waals surface area contributed by atoms with Gasteiger partial charge in [0.05, 0.1) is 10.7 Å². The first-order valence-electron chi connectivity index (χ1n) is 7.08. The minimum atomic E-state index is -0.436. The summed E-state index contributed by atoms with van der Waals surface area (Å²) in [5, 5.41) is 16.5. The van der Waals surface area contributed by atoms with Crippen molar-refractivity contribution in [1.29, 1.82) is 0 Å². The molecule has 0 spiro atoms. The van der Waals surface area contributed by atoms with Gasteiger partial charge in [-0.3, -0.25) is 14.9 Å². The van der Waals surface area contributed by atoms with Crippen LogP contribution in [0.25, 0.3) is 0 Å². The van der Waals surface area contributed by atoms with E-state index in [0.29, 0.717) is 18.8 Å². The van der Waals surface area contributed by atoms with E-state index in [0.717, 1.165) is 10.6 Å². The number of thioether (sulfide) groups is 1. The van der Waals surface area contributed by atoms with E-state index in [1.807, 2.05) is 30.3 Å². The first-order valence-corrected chi connectivity index (χ1v) is 8.06. The maximum absolute atomic E-state index is 11.7. The molecular formula is C16H17N3O3S. The summed E-state index contributed by atoms with van der Waals surface area (Å²) in [6.45, 7) is 1.05. The Kier molecular flexibility index (Phi) is 6.43. The third-order valence-electron chi connectivity index (χ3n) is 2.97. The number of anilines is 1. The third kappa shape index (κ3) is 5.99. The fourth-order valence-corrected chi connectivity index (χ4v) is 2.58. The Morgan fingerprint density at radius 3 is 2.39 bits per heavy atom. The zero-order valence-corrected chi connectivity index (χ0v) is 13.2. The van der Waals surface area contributed by atoms with E-state index >= 15 is 0 Å². The molecule has 6 nitrogen and oxygen atoms in total. The van der Waals surface area contributed by atoms with E-state index in [-0.39, 0.29) is 11.6 Å². The largest absolute Gasteiger partial charge is 0.383 e. The fourth-order valence-electron chi connectivity index (χ4n) is 1.83. The molecule has 1 amide bonds. The number of nitrogens with zero attached hydrogens (tertiary/aromatic N) is 1. The molecule has 0 aliphatic carbocycles. The monoisotopic (exact) mass is 331 g/mol. The molecule has 0 aliphatic heterocycles. The van der Waals surface area contributed by atoms with Gasteiger partial charge in [-0.25, -0.2) is 0 Å². The Morgan fingerprint density at radius 1 is 1.04 bits per heavy atom. The van der Waals surface area contributed by atoms with Crippen molar-refractivity contribution in [3.63, 3.8) is 0 Å². The number of carbonyl (C=O) groups excluding carboxylic acids is 1. The second-order valence-electron chi connectivity index (χ2n) is 4.68. The number of amides is 1. The minimum absolute atomic E-state index is 0.0237. The van der Waals surface area contributed by atoms with Crippen LogP contribution in [0.3, 0.4) is 0 Å². The molecular weight excluding hydrogens is 314 g/mol. The van der Waals surface area contributed by atoms with Gasteiger partial charge in [-0.15, -0.1) is 11.8 Å². The lowest BCUT2D eigenvalue weighted by atomic mass is 10.3. The van der Waals surface area contributed by atoms with Crippen molar-refractivity contribution in [1.82, 2.24) is 5.32 Å². The van der Waals surface area contributed by atoms with Crippen LogP contribution in [0.15, 0.2) is 59.5 Å². The molecule has 0 aromatic heterocycles. The Morgan fingerprint density at radius 2 is 1.74 bits per heavy atom. The highest BCUT2D eigenvalue weighted by molar-refractivity contribution is 8.00. The van der Waals surface area contributed by atoms with Gasteiger partial charge in [-0.05, 0) is 24.3 Å². The summed E-state index contributed by atoms with van der Waals surface area (Å²) >= 11 is 1.49. The van der Waals surface area contributed by atoms with Gasteiger partial charge in [0.2, 0.25) is 5.91 Å². The summed E-state index contributed by atoms with van der Waals surface area (Å²) < 4.78 is 0. The number of rotatable bonds is 8. The van der Waals surface area contributed by atoms with E-state index in [4.69, 9.17) is 0 Å². The average molecular weight is 331 g/mol. The molecule has 0 atom stereocenters. The summed E-state index contributed by atoms with van der Waals surface area (Å²) in [7, 11) is 0. The van der Waals surface area contributed by atoms with Crippen LogP contribution in [0.5, 0.6) is 0 Å². The number of non-ortho nitro benzene ring substituents is 1. The first kappa shape index (κ1) is 16.8. The minimum Gasteiger partial charge on any atom is -0.383 e. The summed E-state index contributed by atoms with van der Waals surface area (Å²) in [5.41, 5.74) is 0.838. The van der Waals surface area contributed by atoms with E-state index < -0.39 is 4.92 Å². The van der Waals surface area contributed by atoms with Gasteiger partial charge in [-0.2, -0.15) is 0 Å². The summed E-state index contributed by atoms with van der Waals surface area (Å²) in [5.74, 6) is 0.353. The number of hydrogen-bond donors (Lipinski definition) is 2. The molecule has 2 N–H and O–H groups in total. The van der Waals surface area contributed by atoms with Crippen LogP contribution in [-0.2, 0) is 4.79 Å². The maximum Gasteiger partial charge on any atom is 0.269 e. The van der Waals surface area contributed by atoms with Gasteiger partial charge in [-0.1, -0.05) is 18.2 Å². The van der Waals surface area contributed by atoms with Gasteiger partial charge < -0.3 is 10.6 Å². The van der Waals surface area contributed by atoms with Crippen molar-refractivity contribution in [3.05, 3.63) is 64.7 Å². The van der Waals surface area contributed by atoms with Crippen molar-refractivity contribution < 1.29 is 9.72 Å². The molecule has 0 fully saturated rings. The van der Waals surface area contributed by atoms with Crippen LogP contribution < -0.4 is 10.6 Å². The van der Waals surface area contributed by atoms with Crippen LogP contribution in [0, 0.1) is 10.1 Å². The van der Waals surface area contributed by atoms with E-state index in [2.05, 4.69) is 10.6 Å². The molecule has 0 aliphatic rings. The second-order valence-corrected chi connectivity index (χ2v) is 5.73. The molecule has 2 aromatic carbocycles. The molecule has 2 rings (SSSR count). The number of nitro benzene ring substituents is 1. The van der Waals surface area contributed by atoms with Crippen molar-refractivity contribution in [2.75, 3.05) is 24.2 Å². The van der Waals surface area contributed by atoms with Crippen LogP contribution in [0.4, 0.5) is 11.4 Å². The van der Waals surface area contributed by atoms with Crippen molar-refractivity contribution in [2.45, 2.75) is 4.90 Å². The van der Waals surface area contributed by atoms with Crippen molar-refractivity contribution >= 4 is 29.0 Å². The number of carbonyl (C=O) groups is 1. The quantitative estimate of drug-likeness (QED) is 0.336. The molecule has 0 bridgehead atoms. The molecule has 120 valence electrons. The van der Waals surface area contributed by atoms with Crippen LogP contribution in [-0.4, -0.2) is 29.7 Å². The Balaban J connectivity index is 1.63. The highest BCUT2D eigenvalue weighted by Crippen LogP contribution is 2.16. The highest BCUT2D eigenvalue weighted by Gasteiger charge is 2.04. The van der Waals surface area contributed by atoms with E-state index in [1.165, 1.54) is 23.9 Å². The number of nitro groups is 1. The highest BCUT2D eigenvalue weighted by atomic mass is 32.2. The predicted octanol–water partition coefficient (Wildman–Crippen LogP) is 2.92. The van der Waals surface area contributed by atoms with E-state index in [1.54, 1.807) is 12.1 Å². The molecule has 7 heteroatoms. The van der Waals surface area contributed by atoms with Gasteiger partial charge in [0, 0.05) is 35.8 Å². The molecule has 2 aromatic rings. The third-order valence-corrected chi connectivity index (χ3v) is 3.98. The van der Waals surface area contributed by atoms with Crippen LogP contribution >= 0.6 is 11.8 Å². The van der Waals surface area contributed by atoms with Gasteiger partial charge in [0.25, 0.3) is 5.69 Å². The van der Waals surface area contributed by atoms with Gasteiger partial charge in [0.15, 0.2) is 0 Å². The summed E-state index contributed by atoms with van der Waals surface area (Å²) in [4.78, 5) is 22.9. The smallest absolute Gasteiger partial charge is 0.269 e. The maximum atomic E-state index is 11.7. The normalized spacial score (nSPS) is 10.1. The first-order chi connectivity index (χ1) is 11.1. The lowest BCUT2D eigenvalue weighted by Gasteiger charge is -2.08. The molecule has 0 saturated heterocycles. The van der Waals surface area contributed by atoms with E-state index in [9.17, 15) is 14.9 Å². The Labute approximate surface area is 138 Å². The van der Waals surface area contributed by atoms with Gasteiger partial charge in [0.1, 0.15) is 0 Å². The number of hydrogen-bond acceptors (Lipinski definition) is 5. The Hall–Kier alpha value is -2.54. The predicted molar refractivity (Wildman–Crippen MR) is 91.8 cm³/mol. The van der Waals surface area contributed by atoms with Crippen molar-refractivity contribution in [2.24, 2.45) is 0 Å². The van der Waals surface area contributed by atoms with Crippen molar-refractivity contribution in [3.8, 4) is 0 Å².